The summed E-state index contributed by atoms with van der Waals surface area (Å²) in [4.78, 5) is 12.5. The highest BCUT2D eigenvalue weighted by Gasteiger charge is 2.12. The Morgan fingerprint density at radius 2 is 1.38 bits per heavy atom. The number of esters is 1. The average molecular weight is 509 g/mol. The van der Waals surface area contributed by atoms with Crippen molar-refractivity contribution in [1.29, 1.82) is 0 Å². The topological polar surface area (TPSA) is 35.5 Å². The van der Waals surface area contributed by atoms with E-state index >= 15 is 0 Å². The first kappa shape index (κ1) is 28.4. The quantitative estimate of drug-likeness (QED) is 0.117. The lowest BCUT2D eigenvalue weighted by Gasteiger charge is -2.10. The zero-order chi connectivity index (χ0) is 26.5. The molecule has 3 nitrogen and oxygen atoms in total. The minimum atomic E-state index is -0.575. The van der Waals surface area contributed by atoms with Crippen LogP contribution in [0.5, 0.6) is 11.5 Å². The molecule has 198 valence electrons. The Bertz CT molecular complexity index is 1130. The minimum Gasteiger partial charge on any atom is -0.491 e. The van der Waals surface area contributed by atoms with Gasteiger partial charge in [-0.05, 0) is 66.3 Å². The molecule has 3 aromatic carbocycles. The van der Waals surface area contributed by atoms with Gasteiger partial charge in [0.1, 0.15) is 11.6 Å². The summed E-state index contributed by atoms with van der Waals surface area (Å²) in [5, 5.41) is 0. The van der Waals surface area contributed by atoms with Gasteiger partial charge in [-0.3, -0.25) is 0 Å². The maximum atomic E-state index is 14.6. The van der Waals surface area contributed by atoms with Crippen molar-refractivity contribution in [3.63, 3.8) is 0 Å². The second kappa shape index (κ2) is 15.1. The van der Waals surface area contributed by atoms with Crippen LogP contribution in [0.2, 0.25) is 0 Å². The Kier molecular flexibility index (Phi) is 11.6. The summed E-state index contributed by atoms with van der Waals surface area (Å²) in [6.07, 6.45) is 10.6. The van der Waals surface area contributed by atoms with Gasteiger partial charge in [-0.2, -0.15) is 0 Å². The van der Waals surface area contributed by atoms with Crippen LogP contribution in [-0.2, 0) is 6.42 Å². The molecule has 3 rings (SSSR count). The van der Waals surface area contributed by atoms with E-state index in [2.05, 4.69) is 13.8 Å². The third-order valence-electron chi connectivity index (χ3n) is 6.43. The van der Waals surface area contributed by atoms with Crippen molar-refractivity contribution in [1.82, 2.24) is 0 Å². The first-order valence-corrected chi connectivity index (χ1v) is 13.5. The van der Waals surface area contributed by atoms with Gasteiger partial charge in [0, 0.05) is 6.07 Å². The Balaban J connectivity index is 1.53. The summed E-state index contributed by atoms with van der Waals surface area (Å²) in [6.45, 7) is 4.80. The van der Waals surface area contributed by atoms with Crippen molar-refractivity contribution in [2.75, 3.05) is 6.61 Å². The summed E-state index contributed by atoms with van der Waals surface area (Å²) < 4.78 is 39.9. The van der Waals surface area contributed by atoms with Crippen molar-refractivity contribution in [3.05, 3.63) is 83.4 Å². The van der Waals surface area contributed by atoms with Gasteiger partial charge in [0.25, 0.3) is 0 Å². The highest BCUT2D eigenvalue weighted by molar-refractivity contribution is 5.91. The lowest BCUT2D eigenvalue weighted by molar-refractivity contribution is 0.0734. The standard InChI is InChI=1S/C32H38F2O3/c1-3-5-7-8-9-11-21-36-31-20-18-27(22-30(31)34)24-13-15-26(16-14-24)32(35)37-28-19-17-25(29(33)23-28)12-10-6-4-2/h13-20,22-23H,3-12,21H2,1-2H3. The molecule has 0 heterocycles. The van der Waals surface area contributed by atoms with E-state index in [4.69, 9.17) is 9.47 Å². The molecule has 0 saturated carbocycles. The van der Waals surface area contributed by atoms with Gasteiger partial charge >= 0.3 is 5.97 Å². The molecule has 0 saturated heterocycles. The van der Waals surface area contributed by atoms with Gasteiger partial charge in [-0.25, -0.2) is 13.6 Å². The van der Waals surface area contributed by atoms with E-state index in [1.807, 2.05) is 0 Å². The van der Waals surface area contributed by atoms with E-state index < -0.39 is 11.8 Å². The zero-order valence-corrected chi connectivity index (χ0v) is 22.0. The van der Waals surface area contributed by atoms with Crippen LogP contribution < -0.4 is 9.47 Å². The van der Waals surface area contributed by atoms with Crippen LogP contribution in [0.15, 0.2) is 60.7 Å². The largest absolute Gasteiger partial charge is 0.491 e. The highest BCUT2D eigenvalue weighted by Crippen LogP contribution is 2.27. The van der Waals surface area contributed by atoms with Crippen molar-refractivity contribution in [3.8, 4) is 22.6 Å². The number of carbonyl (C=O) groups excluding carboxylic acids is 1. The van der Waals surface area contributed by atoms with Crippen LogP contribution in [0.1, 0.15) is 87.6 Å². The van der Waals surface area contributed by atoms with Crippen LogP contribution in [0.3, 0.4) is 0 Å². The van der Waals surface area contributed by atoms with Gasteiger partial charge in [0.05, 0.1) is 12.2 Å². The Morgan fingerprint density at radius 3 is 2.08 bits per heavy atom. The van der Waals surface area contributed by atoms with Crippen molar-refractivity contribution in [2.45, 2.75) is 78.1 Å². The van der Waals surface area contributed by atoms with E-state index in [-0.39, 0.29) is 17.3 Å². The molecular weight excluding hydrogens is 470 g/mol. The molecule has 0 bridgehead atoms. The molecule has 0 aliphatic heterocycles. The number of unbranched alkanes of at least 4 members (excludes halogenated alkanes) is 7. The summed E-state index contributed by atoms with van der Waals surface area (Å²) in [6, 6.07) is 16.1. The number of ether oxygens (including phenoxy) is 2. The number of hydrogen-bond acceptors (Lipinski definition) is 3. The summed E-state index contributed by atoms with van der Waals surface area (Å²) in [7, 11) is 0. The van der Waals surface area contributed by atoms with E-state index in [1.54, 1.807) is 48.5 Å². The third-order valence-corrected chi connectivity index (χ3v) is 6.43. The van der Waals surface area contributed by atoms with E-state index in [1.165, 1.54) is 37.8 Å². The van der Waals surface area contributed by atoms with Crippen LogP contribution >= 0.6 is 0 Å². The Hall–Kier alpha value is -3.21. The van der Waals surface area contributed by atoms with Gasteiger partial charge in [0.15, 0.2) is 11.6 Å². The molecule has 0 unspecified atom stereocenters. The fraction of sp³-hybridized carbons (Fsp3) is 0.406. The number of carbonyl (C=O) groups is 1. The molecular formula is C32H38F2O3. The molecule has 0 fully saturated rings. The van der Waals surface area contributed by atoms with Crippen molar-refractivity contribution in [2.24, 2.45) is 0 Å². The number of halogens is 2. The predicted octanol–water partition coefficient (Wildman–Crippen LogP) is 9.32. The fourth-order valence-corrected chi connectivity index (χ4v) is 4.19. The second-order valence-electron chi connectivity index (χ2n) is 9.44. The third kappa shape index (κ3) is 8.99. The molecule has 0 N–H and O–H groups in total. The second-order valence-corrected chi connectivity index (χ2v) is 9.44. The normalized spacial score (nSPS) is 10.9. The molecule has 0 aliphatic rings. The maximum Gasteiger partial charge on any atom is 0.343 e. The zero-order valence-electron chi connectivity index (χ0n) is 22.0. The smallest absolute Gasteiger partial charge is 0.343 e. The number of benzene rings is 3. The molecule has 0 radical (unpaired) electrons. The summed E-state index contributed by atoms with van der Waals surface area (Å²) in [5.74, 6) is -0.926. The molecule has 3 aromatic rings. The van der Waals surface area contributed by atoms with Crippen LogP contribution in [0.25, 0.3) is 11.1 Å². The summed E-state index contributed by atoms with van der Waals surface area (Å²) >= 11 is 0. The predicted molar refractivity (Wildman–Crippen MR) is 145 cm³/mol. The van der Waals surface area contributed by atoms with Crippen LogP contribution in [0.4, 0.5) is 8.78 Å². The number of rotatable bonds is 15. The lowest BCUT2D eigenvalue weighted by atomic mass is 10.0. The first-order chi connectivity index (χ1) is 18.0. The monoisotopic (exact) mass is 508 g/mol. The SMILES string of the molecule is CCCCCCCCOc1ccc(-c2ccc(C(=O)Oc3ccc(CCCCC)c(F)c3)cc2)cc1F. The van der Waals surface area contributed by atoms with E-state index in [9.17, 15) is 13.6 Å². The Labute approximate surface area is 219 Å². The molecule has 0 amide bonds. The van der Waals surface area contributed by atoms with Crippen LogP contribution in [0, 0.1) is 11.6 Å². The molecule has 0 aliphatic carbocycles. The number of hydrogen-bond donors (Lipinski definition) is 0. The lowest BCUT2D eigenvalue weighted by Crippen LogP contribution is -2.08. The van der Waals surface area contributed by atoms with E-state index in [0.29, 0.717) is 29.7 Å². The van der Waals surface area contributed by atoms with E-state index in [0.717, 1.165) is 37.7 Å². The maximum absolute atomic E-state index is 14.6. The van der Waals surface area contributed by atoms with Gasteiger partial charge < -0.3 is 9.47 Å². The van der Waals surface area contributed by atoms with Crippen molar-refractivity contribution < 1.29 is 23.0 Å². The van der Waals surface area contributed by atoms with Gasteiger partial charge in [0.2, 0.25) is 0 Å². The molecule has 5 heteroatoms. The summed E-state index contributed by atoms with van der Waals surface area (Å²) in [5.41, 5.74) is 2.41. The Morgan fingerprint density at radius 1 is 0.703 bits per heavy atom. The molecule has 0 spiro atoms. The average Bonchev–Trinajstić information content (AvgIpc) is 2.90. The van der Waals surface area contributed by atoms with Crippen LogP contribution in [-0.4, -0.2) is 12.6 Å². The van der Waals surface area contributed by atoms with Gasteiger partial charge in [-0.1, -0.05) is 83.1 Å². The van der Waals surface area contributed by atoms with Gasteiger partial charge in [-0.15, -0.1) is 0 Å². The molecule has 0 aromatic heterocycles. The number of aryl methyl sites for hydroxylation is 1. The fourth-order valence-electron chi connectivity index (χ4n) is 4.19. The molecule has 0 atom stereocenters. The van der Waals surface area contributed by atoms with Crippen molar-refractivity contribution >= 4 is 5.97 Å². The molecule has 37 heavy (non-hydrogen) atoms. The first-order valence-electron chi connectivity index (χ1n) is 13.5. The minimum absolute atomic E-state index is 0.171. The highest BCUT2D eigenvalue weighted by atomic mass is 19.1.